The Kier molecular flexibility index (Phi) is 2.56. The van der Waals surface area contributed by atoms with Crippen LogP contribution in [0.2, 0.25) is 0 Å². The molecule has 0 fully saturated rings. The van der Waals surface area contributed by atoms with Crippen LogP contribution in [0.4, 0.5) is 0 Å². The first-order chi connectivity index (χ1) is 7.26. The van der Waals surface area contributed by atoms with Crippen molar-refractivity contribution in [2.75, 3.05) is 0 Å². The van der Waals surface area contributed by atoms with Crippen molar-refractivity contribution in [3.05, 3.63) is 45.9 Å². The summed E-state index contributed by atoms with van der Waals surface area (Å²) in [7, 11) is 0. The van der Waals surface area contributed by atoms with Crippen LogP contribution in [0.25, 0.3) is 10.8 Å². The summed E-state index contributed by atoms with van der Waals surface area (Å²) < 4.78 is 0. The summed E-state index contributed by atoms with van der Waals surface area (Å²) >= 11 is 0. The van der Waals surface area contributed by atoms with Crippen LogP contribution in [0.5, 0.6) is 0 Å². The van der Waals surface area contributed by atoms with Gasteiger partial charge in [0.25, 0.3) is 5.56 Å². The molecule has 2 aromatic rings. The molecule has 0 aliphatic rings. The van der Waals surface area contributed by atoms with Gasteiger partial charge >= 0.3 is 0 Å². The molecule has 0 amide bonds. The Hall–Kier alpha value is -1.61. The minimum absolute atomic E-state index is 0.0440. The maximum Gasteiger partial charge on any atom is 0.255 e. The van der Waals surface area contributed by atoms with Gasteiger partial charge in [0.2, 0.25) is 0 Å². The van der Waals surface area contributed by atoms with Crippen LogP contribution in [-0.2, 0) is 13.0 Å². The molecule has 0 saturated carbocycles. The van der Waals surface area contributed by atoms with Crippen molar-refractivity contribution in [3.63, 3.8) is 0 Å². The van der Waals surface area contributed by atoms with Crippen LogP contribution in [0, 0.1) is 0 Å². The first kappa shape index (κ1) is 9.93. The van der Waals surface area contributed by atoms with Gasteiger partial charge in [0.15, 0.2) is 0 Å². The van der Waals surface area contributed by atoms with Crippen LogP contribution in [0.1, 0.15) is 18.1 Å². The SMILES string of the molecule is CCc1c[nH]c(=O)c2cc(CN)ccc12. The lowest BCUT2D eigenvalue weighted by atomic mass is 10.0. The molecule has 0 spiro atoms. The van der Waals surface area contributed by atoms with Gasteiger partial charge in [0.05, 0.1) is 0 Å². The smallest absolute Gasteiger partial charge is 0.255 e. The fraction of sp³-hybridized carbons (Fsp3) is 0.250. The van der Waals surface area contributed by atoms with E-state index in [-0.39, 0.29) is 5.56 Å². The molecule has 3 heteroatoms. The number of nitrogens with one attached hydrogen (secondary N) is 1. The molecule has 0 unspecified atom stereocenters. The van der Waals surface area contributed by atoms with Crippen molar-refractivity contribution in [3.8, 4) is 0 Å². The number of aromatic nitrogens is 1. The molecule has 1 heterocycles. The van der Waals surface area contributed by atoms with Crippen molar-refractivity contribution >= 4 is 10.8 Å². The number of benzene rings is 1. The standard InChI is InChI=1S/C12H14N2O/c1-2-9-7-14-12(15)11-5-8(6-13)3-4-10(9)11/h3-5,7H,2,6,13H2,1H3,(H,14,15). The third-order valence-electron chi connectivity index (χ3n) is 2.67. The van der Waals surface area contributed by atoms with Crippen LogP contribution in [0.3, 0.4) is 0 Å². The topological polar surface area (TPSA) is 58.9 Å². The van der Waals surface area contributed by atoms with Crippen molar-refractivity contribution in [1.29, 1.82) is 0 Å². The van der Waals surface area contributed by atoms with Gasteiger partial charge in [-0.2, -0.15) is 0 Å². The summed E-state index contributed by atoms with van der Waals surface area (Å²) in [5.74, 6) is 0. The minimum atomic E-state index is -0.0440. The Morgan fingerprint density at radius 1 is 1.33 bits per heavy atom. The van der Waals surface area contributed by atoms with E-state index in [1.165, 1.54) is 0 Å². The van der Waals surface area contributed by atoms with Gasteiger partial charge < -0.3 is 10.7 Å². The van der Waals surface area contributed by atoms with Gasteiger partial charge in [-0.25, -0.2) is 0 Å². The fourth-order valence-electron chi connectivity index (χ4n) is 1.79. The molecule has 0 saturated heterocycles. The monoisotopic (exact) mass is 202 g/mol. The van der Waals surface area contributed by atoms with Gasteiger partial charge in [-0.15, -0.1) is 0 Å². The Balaban J connectivity index is 2.81. The number of pyridine rings is 1. The zero-order valence-corrected chi connectivity index (χ0v) is 8.71. The minimum Gasteiger partial charge on any atom is -0.328 e. The molecule has 0 bridgehead atoms. The summed E-state index contributed by atoms with van der Waals surface area (Å²) in [6.45, 7) is 2.54. The maximum atomic E-state index is 11.6. The van der Waals surface area contributed by atoms with E-state index in [9.17, 15) is 4.79 Å². The van der Waals surface area contributed by atoms with Crippen LogP contribution >= 0.6 is 0 Å². The molecule has 1 aromatic heterocycles. The van der Waals surface area contributed by atoms with E-state index < -0.39 is 0 Å². The number of hydrogen-bond acceptors (Lipinski definition) is 2. The number of H-pyrrole nitrogens is 1. The predicted molar refractivity (Wildman–Crippen MR) is 61.8 cm³/mol. The highest BCUT2D eigenvalue weighted by Crippen LogP contribution is 2.16. The van der Waals surface area contributed by atoms with Crippen molar-refractivity contribution in [2.24, 2.45) is 5.73 Å². The molecule has 0 aliphatic heterocycles. The number of rotatable bonds is 2. The Labute approximate surface area is 87.9 Å². The van der Waals surface area contributed by atoms with Gasteiger partial charge in [-0.05, 0) is 29.0 Å². The maximum absolute atomic E-state index is 11.6. The van der Waals surface area contributed by atoms with E-state index in [4.69, 9.17) is 5.73 Å². The van der Waals surface area contributed by atoms with Gasteiger partial charge in [-0.3, -0.25) is 4.79 Å². The number of fused-ring (bicyclic) bond motifs is 1. The largest absolute Gasteiger partial charge is 0.328 e. The number of nitrogens with two attached hydrogens (primary N) is 1. The summed E-state index contributed by atoms with van der Waals surface area (Å²) in [5.41, 5.74) is 7.65. The number of aryl methyl sites for hydroxylation is 1. The quantitative estimate of drug-likeness (QED) is 0.776. The molecule has 15 heavy (non-hydrogen) atoms. The molecular weight excluding hydrogens is 188 g/mol. The Bertz CT molecular complexity index is 543. The second-order valence-corrected chi connectivity index (χ2v) is 3.58. The normalized spacial score (nSPS) is 10.8. The summed E-state index contributed by atoms with van der Waals surface area (Å²) in [5, 5.41) is 1.76. The summed E-state index contributed by atoms with van der Waals surface area (Å²) in [6, 6.07) is 5.82. The number of aromatic amines is 1. The molecule has 1 aromatic carbocycles. The first-order valence-electron chi connectivity index (χ1n) is 5.09. The van der Waals surface area contributed by atoms with E-state index >= 15 is 0 Å². The highest BCUT2D eigenvalue weighted by molar-refractivity contribution is 5.85. The van der Waals surface area contributed by atoms with Crippen molar-refractivity contribution < 1.29 is 0 Å². The molecule has 3 nitrogen and oxygen atoms in total. The average Bonchev–Trinajstić information content (AvgIpc) is 2.29. The molecule has 0 radical (unpaired) electrons. The van der Waals surface area contributed by atoms with E-state index in [2.05, 4.69) is 11.9 Å². The lowest BCUT2D eigenvalue weighted by Crippen LogP contribution is -2.08. The zero-order chi connectivity index (χ0) is 10.8. The lowest BCUT2D eigenvalue weighted by Gasteiger charge is -2.04. The van der Waals surface area contributed by atoms with Gasteiger partial charge in [0, 0.05) is 18.1 Å². The van der Waals surface area contributed by atoms with E-state index in [1.807, 2.05) is 18.2 Å². The third-order valence-corrected chi connectivity index (χ3v) is 2.67. The molecule has 78 valence electrons. The Morgan fingerprint density at radius 2 is 2.13 bits per heavy atom. The van der Waals surface area contributed by atoms with Crippen LogP contribution in [0.15, 0.2) is 29.2 Å². The highest BCUT2D eigenvalue weighted by Gasteiger charge is 2.03. The Morgan fingerprint density at radius 3 is 2.80 bits per heavy atom. The first-order valence-corrected chi connectivity index (χ1v) is 5.09. The average molecular weight is 202 g/mol. The zero-order valence-electron chi connectivity index (χ0n) is 8.71. The van der Waals surface area contributed by atoms with Crippen molar-refractivity contribution in [1.82, 2.24) is 4.98 Å². The van der Waals surface area contributed by atoms with Crippen LogP contribution < -0.4 is 11.3 Å². The molecule has 0 atom stereocenters. The molecule has 0 aliphatic carbocycles. The third kappa shape index (κ3) is 1.66. The van der Waals surface area contributed by atoms with Crippen molar-refractivity contribution in [2.45, 2.75) is 19.9 Å². The summed E-state index contributed by atoms with van der Waals surface area (Å²) in [6.07, 6.45) is 2.70. The highest BCUT2D eigenvalue weighted by atomic mass is 16.1. The lowest BCUT2D eigenvalue weighted by molar-refractivity contribution is 1.07. The van der Waals surface area contributed by atoms with E-state index in [0.717, 1.165) is 28.3 Å². The van der Waals surface area contributed by atoms with Crippen LogP contribution in [-0.4, -0.2) is 4.98 Å². The van der Waals surface area contributed by atoms with E-state index in [1.54, 1.807) is 6.20 Å². The summed E-state index contributed by atoms with van der Waals surface area (Å²) in [4.78, 5) is 14.4. The molecular formula is C12H14N2O. The predicted octanol–water partition coefficient (Wildman–Crippen LogP) is 1.55. The van der Waals surface area contributed by atoms with E-state index in [0.29, 0.717) is 6.54 Å². The fourth-order valence-corrected chi connectivity index (χ4v) is 1.79. The number of hydrogen-bond donors (Lipinski definition) is 2. The molecule has 3 N–H and O–H groups in total. The second kappa shape index (κ2) is 3.87. The molecule has 2 rings (SSSR count). The van der Waals surface area contributed by atoms with Gasteiger partial charge in [-0.1, -0.05) is 19.1 Å². The van der Waals surface area contributed by atoms with Gasteiger partial charge in [0.1, 0.15) is 0 Å². The second-order valence-electron chi connectivity index (χ2n) is 3.58.